The van der Waals surface area contributed by atoms with Crippen molar-refractivity contribution in [1.29, 1.82) is 0 Å². The van der Waals surface area contributed by atoms with Gasteiger partial charge in [0.25, 0.3) is 0 Å². The van der Waals surface area contributed by atoms with Crippen LogP contribution in [0, 0.1) is 5.82 Å². The van der Waals surface area contributed by atoms with Crippen LogP contribution in [0.2, 0.25) is 0 Å². The summed E-state index contributed by atoms with van der Waals surface area (Å²) < 4.78 is 18.0. The van der Waals surface area contributed by atoms with Crippen molar-refractivity contribution in [2.24, 2.45) is 0 Å². The monoisotopic (exact) mass is 291 g/mol. The van der Waals surface area contributed by atoms with Crippen molar-refractivity contribution >= 4 is 17.3 Å². The van der Waals surface area contributed by atoms with Crippen LogP contribution in [-0.2, 0) is 16.0 Å². The Morgan fingerprint density at radius 3 is 2.90 bits per heavy atom. The minimum Gasteiger partial charge on any atom is -0.465 e. The van der Waals surface area contributed by atoms with E-state index in [1.54, 1.807) is 30.4 Å². The first kappa shape index (κ1) is 13.2. The van der Waals surface area contributed by atoms with Gasteiger partial charge in [-0.15, -0.1) is 11.3 Å². The molecule has 0 aliphatic heterocycles. The molecule has 1 aliphatic carbocycles. The molecule has 104 valence electrons. The fraction of sp³-hybridized carbons (Fsp3) is 0.333. The zero-order valence-electron chi connectivity index (χ0n) is 11.1. The van der Waals surface area contributed by atoms with E-state index in [0.29, 0.717) is 6.61 Å². The number of hydrogen-bond donors (Lipinski definition) is 0. The minimum atomic E-state index is -0.262. The van der Waals surface area contributed by atoms with Gasteiger partial charge in [0.15, 0.2) is 0 Å². The van der Waals surface area contributed by atoms with Gasteiger partial charge in [-0.05, 0) is 44.0 Å². The average Bonchev–Trinajstić information content (AvgIpc) is 2.99. The van der Waals surface area contributed by atoms with E-state index in [4.69, 9.17) is 4.74 Å². The SMILES string of the molecule is CCOC(=O)C1CCc2sc(-c3ccc(F)cc3)nc21. The summed E-state index contributed by atoms with van der Waals surface area (Å²) in [5, 5.41) is 0.837. The number of ether oxygens (including phenoxy) is 1. The smallest absolute Gasteiger partial charge is 0.315 e. The molecule has 0 bridgehead atoms. The number of hydrogen-bond acceptors (Lipinski definition) is 4. The summed E-state index contributed by atoms with van der Waals surface area (Å²) in [6, 6.07) is 6.26. The van der Waals surface area contributed by atoms with E-state index in [-0.39, 0.29) is 17.7 Å². The maximum atomic E-state index is 12.9. The Kier molecular flexibility index (Phi) is 3.53. The second-order valence-electron chi connectivity index (χ2n) is 4.68. The Labute approximate surface area is 120 Å². The fourth-order valence-corrected chi connectivity index (χ4v) is 3.56. The van der Waals surface area contributed by atoms with Crippen LogP contribution in [-0.4, -0.2) is 17.6 Å². The number of benzene rings is 1. The van der Waals surface area contributed by atoms with Crippen LogP contribution >= 0.6 is 11.3 Å². The molecular weight excluding hydrogens is 277 g/mol. The maximum absolute atomic E-state index is 12.9. The second kappa shape index (κ2) is 5.32. The van der Waals surface area contributed by atoms with Crippen molar-refractivity contribution in [3.63, 3.8) is 0 Å². The second-order valence-corrected chi connectivity index (χ2v) is 5.76. The molecule has 0 radical (unpaired) electrons. The molecule has 2 aromatic rings. The van der Waals surface area contributed by atoms with Gasteiger partial charge < -0.3 is 4.74 Å². The van der Waals surface area contributed by atoms with Crippen molar-refractivity contribution in [2.45, 2.75) is 25.7 Å². The minimum absolute atomic E-state index is 0.192. The van der Waals surface area contributed by atoms with Gasteiger partial charge in [0.05, 0.1) is 12.3 Å². The van der Waals surface area contributed by atoms with Crippen molar-refractivity contribution in [2.75, 3.05) is 6.61 Å². The lowest BCUT2D eigenvalue weighted by Crippen LogP contribution is -2.14. The van der Waals surface area contributed by atoms with Gasteiger partial charge in [-0.3, -0.25) is 4.79 Å². The number of thiazole rings is 1. The van der Waals surface area contributed by atoms with Gasteiger partial charge >= 0.3 is 5.97 Å². The van der Waals surface area contributed by atoms with Crippen LogP contribution in [0.1, 0.15) is 29.8 Å². The lowest BCUT2D eigenvalue weighted by atomic mass is 10.1. The number of esters is 1. The third kappa shape index (κ3) is 2.33. The first-order valence-corrected chi connectivity index (χ1v) is 7.43. The summed E-state index contributed by atoms with van der Waals surface area (Å²) in [5.41, 5.74) is 1.72. The molecule has 3 rings (SSSR count). The molecule has 0 saturated carbocycles. The zero-order valence-corrected chi connectivity index (χ0v) is 11.9. The van der Waals surface area contributed by atoms with Gasteiger partial charge in [-0.1, -0.05) is 0 Å². The van der Waals surface area contributed by atoms with E-state index in [0.717, 1.165) is 34.0 Å². The van der Waals surface area contributed by atoms with E-state index >= 15 is 0 Å². The van der Waals surface area contributed by atoms with Gasteiger partial charge in [-0.2, -0.15) is 0 Å². The maximum Gasteiger partial charge on any atom is 0.315 e. The quantitative estimate of drug-likeness (QED) is 0.812. The van der Waals surface area contributed by atoms with Crippen molar-refractivity contribution < 1.29 is 13.9 Å². The first-order valence-electron chi connectivity index (χ1n) is 6.61. The highest BCUT2D eigenvalue weighted by molar-refractivity contribution is 7.15. The van der Waals surface area contributed by atoms with Gasteiger partial charge in [0.1, 0.15) is 16.7 Å². The van der Waals surface area contributed by atoms with Crippen molar-refractivity contribution in [3.8, 4) is 10.6 Å². The first-order chi connectivity index (χ1) is 9.69. The normalized spacial score (nSPS) is 17.0. The van der Waals surface area contributed by atoms with Gasteiger partial charge in [0.2, 0.25) is 0 Å². The number of fused-ring (bicyclic) bond motifs is 1. The summed E-state index contributed by atoms with van der Waals surface area (Å²) >= 11 is 1.58. The summed E-state index contributed by atoms with van der Waals surface area (Å²) in [6.07, 6.45) is 1.63. The molecule has 1 atom stereocenters. The molecule has 1 unspecified atom stereocenters. The Morgan fingerprint density at radius 1 is 1.45 bits per heavy atom. The van der Waals surface area contributed by atoms with Crippen LogP contribution in [0.4, 0.5) is 4.39 Å². The topological polar surface area (TPSA) is 39.2 Å². The Morgan fingerprint density at radius 2 is 2.20 bits per heavy atom. The Bertz CT molecular complexity index is 636. The number of rotatable bonds is 3. The van der Waals surface area contributed by atoms with Crippen LogP contribution < -0.4 is 0 Å². The Hall–Kier alpha value is -1.75. The van der Waals surface area contributed by atoms with E-state index in [9.17, 15) is 9.18 Å². The summed E-state index contributed by atoms with van der Waals surface area (Å²) in [6.45, 7) is 2.19. The molecule has 3 nitrogen and oxygen atoms in total. The van der Waals surface area contributed by atoms with Gasteiger partial charge in [-0.25, -0.2) is 9.37 Å². The molecule has 20 heavy (non-hydrogen) atoms. The van der Waals surface area contributed by atoms with Crippen LogP contribution in [0.15, 0.2) is 24.3 Å². The molecular formula is C15H14FNO2S. The number of carbonyl (C=O) groups is 1. The van der Waals surface area contributed by atoms with E-state index in [1.165, 1.54) is 12.1 Å². The molecule has 0 spiro atoms. The predicted octanol–water partition coefficient (Wildman–Crippen LogP) is 3.54. The summed E-state index contributed by atoms with van der Waals surface area (Å²) in [5.74, 6) is -0.695. The Balaban J connectivity index is 1.90. The van der Waals surface area contributed by atoms with Gasteiger partial charge in [0, 0.05) is 10.4 Å². The van der Waals surface area contributed by atoms with E-state index < -0.39 is 0 Å². The van der Waals surface area contributed by atoms with Crippen LogP contribution in [0.5, 0.6) is 0 Å². The van der Waals surface area contributed by atoms with Crippen LogP contribution in [0.25, 0.3) is 10.6 Å². The lowest BCUT2D eigenvalue weighted by molar-refractivity contribution is -0.145. The molecule has 5 heteroatoms. The van der Waals surface area contributed by atoms with E-state index in [1.807, 2.05) is 0 Å². The molecule has 1 aromatic carbocycles. The highest BCUT2D eigenvalue weighted by Gasteiger charge is 2.33. The average molecular weight is 291 g/mol. The standard InChI is InChI=1S/C15H14FNO2S/c1-2-19-15(18)11-7-8-12-13(11)17-14(20-12)9-3-5-10(16)6-4-9/h3-6,11H,2,7-8H2,1H3. The third-order valence-electron chi connectivity index (χ3n) is 3.38. The number of aromatic nitrogens is 1. The van der Waals surface area contributed by atoms with Crippen LogP contribution in [0.3, 0.4) is 0 Å². The largest absolute Gasteiger partial charge is 0.465 e. The molecule has 1 aliphatic rings. The number of nitrogens with zero attached hydrogens (tertiary/aromatic N) is 1. The van der Waals surface area contributed by atoms with Crippen molar-refractivity contribution in [1.82, 2.24) is 4.98 Å². The molecule has 0 N–H and O–H groups in total. The summed E-state index contributed by atoms with van der Waals surface area (Å²) in [4.78, 5) is 17.6. The molecule has 0 saturated heterocycles. The molecule has 1 heterocycles. The fourth-order valence-electron chi connectivity index (χ4n) is 2.42. The lowest BCUT2D eigenvalue weighted by Gasteiger charge is -2.07. The third-order valence-corrected chi connectivity index (χ3v) is 4.56. The van der Waals surface area contributed by atoms with E-state index in [2.05, 4.69) is 4.98 Å². The summed E-state index contributed by atoms with van der Waals surface area (Å²) in [7, 11) is 0. The number of halogens is 1. The predicted molar refractivity (Wildman–Crippen MR) is 75.2 cm³/mol. The number of aryl methyl sites for hydroxylation is 1. The zero-order chi connectivity index (χ0) is 14.1. The number of carbonyl (C=O) groups excluding carboxylic acids is 1. The van der Waals surface area contributed by atoms with Crippen molar-refractivity contribution in [3.05, 3.63) is 40.7 Å². The molecule has 0 fully saturated rings. The molecule has 0 amide bonds. The highest BCUT2D eigenvalue weighted by Crippen LogP contribution is 2.40. The highest BCUT2D eigenvalue weighted by atomic mass is 32.1. The molecule has 1 aromatic heterocycles.